The third-order valence-corrected chi connectivity index (χ3v) is 2.72. The fraction of sp³-hybridized carbons (Fsp3) is 0.571. The molecule has 90 valence electrons. The summed E-state index contributed by atoms with van der Waals surface area (Å²) in [7, 11) is 0.305. The lowest BCUT2D eigenvalue weighted by atomic mass is 10.1. The van der Waals surface area contributed by atoms with E-state index < -0.39 is 0 Å². The number of hydrogen-bond acceptors (Lipinski definition) is 1. The van der Waals surface area contributed by atoms with Crippen LogP contribution >= 0.6 is 8.46 Å². The Hall–Kier alpha value is -0.680. The molecule has 0 radical (unpaired) electrons. The van der Waals surface area contributed by atoms with E-state index in [1.807, 2.05) is 0 Å². The van der Waals surface area contributed by atoms with Crippen molar-refractivity contribution in [1.29, 1.82) is 0 Å². The quantitative estimate of drug-likeness (QED) is 0.528. The molecule has 0 atom stereocenters. The van der Waals surface area contributed by atoms with Crippen LogP contribution in [0.2, 0.25) is 0 Å². The van der Waals surface area contributed by atoms with Crippen LogP contribution in [0.5, 0.6) is 0 Å². The molecule has 1 aromatic rings. The lowest BCUT2D eigenvalue weighted by molar-refractivity contribution is 0.596. The average molecular weight is 238 g/mol. The highest BCUT2D eigenvalue weighted by Gasteiger charge is 1.87. The molecule has 0 spiro atoms. The van der Waals surface area contributed by atoms with Gasteiger partial charge in [-0.3, -0.25) is 4.57 Å². The highest BCUT2D eigenvalue weighted by molar-refractivity contribution is 7.23. The molecule has 2 heteroatoms. The summed E-state index contributed by atoms with van der Waals surface area (Å²) in [6.07, 6.45) is 4.39. The summed E-state index contributed by atoms with van der Waals surface area (Å²) in [5.74, 6) is 0. The molecule has 0 saturated heterocycles. The van der Waals surface area contributed by atoms with Crippen molar-refractivity contribution in [3.05, 3.63) is 34.9 Å². The van der Waals surface area contributed by atoms with Crippen LogP contribution in [-0.2, 0) is 4.57 Å². The van der Waals surface area contributed by atoms with Crippen LogP contribution in [-0.4, -0.2) is 6.16 Å². The third kappa shape index (κ3) is 8.61. The molecule has 1 nitrogen and oxygen atoms in total. The molecule has 1 rings (SSSR count). The Balaban J connectivity index is 0.000000293. The van der Waals surface area contributed by atoms with Gasteiger partial charge in [-0.2, -0.15) is 0 Å². The normalized spacial score (nSPS) is 9.75. The monoisotopic (exact) mass is 238 g/mol. The first-order valence-corrected chi connectivity index (χ1v) is 6.94. The van der Waals surface area contributed by atoms with E-state index in [9.17, 15) is 4.57 Å². The fourth-order valence-corrected chi connectivity index (χ4v) is 1.98. The van der Waals surface area contributed by atoms with Gasteiger partial charge in [0.15, 0.2) is 8.46 Å². The summed E-state index contributed by atoms with van der Waals surface area (Å²) in [6, 6.07) is 6.56. The van der Waals surface area contributed by atoms with Gasteiger partial charge in [-0.1, -0.05) is 54.7 Å². The minimum Gasteiger partial charge on any atom is -0.275 e. The van der Waals surface area contributed by atoms with Gasteiger partial charge in [-0.15, -0.1) is 0 Å². The predicted molar refractivity (Wildman–Crippen MR) is 72.7 cm³/mol. The van der Waals surface area contributed by atoms with E-state index in [0.29, 0.717) is 8.46 Å². The minimum absolute atomic E-state index is 0.305. The first-order valence-electron chi connectivity index (χ1n) is 5.94. The van der Waals surface area contributed by atoms with E-state index >= 15 is 0 Å². The number of aryl methyl sites for hydroxylation is 3. The molecule has 0 aliphatic heterocycles. The lowest BCUT2D eigenvalue weighted by Crippen LogP contribution is -1.78. The Morgan fingerprint density at radius 1 is 0.938 bits per heavy atom. The maximum Gasteiger partial charge on any atom is 0.155 e. The Labute approximate surface area is 101 Å². The highest BCUT2D eigenvalue weighted by atomic mass is 31.1. The Morgan fingerprint density at radius 2 is 1.38 bits per heavy atom. The molecular formula is C14H23OP. The van der Waals surface area contributed by atoms with Crippen molar-refractivity contribution in [3.63, 3.8) is 0 Å². The predicted octanol–water partition coefficient (Wildman–Crippen LogP) is 5.08. The molecule has 0 N–H and O–H groups in total. The van der Waals surface area contributed by atoms with Crippen molar-refractivity contribution in [2.45, 2.75) is 47.0 Å². The van der Waals surface area contributed by atoms with Gasteiger partial charge in [0, 0.05) is 6.16 Å². The first-order chi connectivity index (χ1) is 7.60. The maximum absolute atomic E-state index is 9.78. The molecule has 1 aromatic carbocycles. The van der Waals surface area contributed by atoms with Crippen molar-refractivity contribution >= 4 is 8.46 Å². The second-order valence-corrected chi connectivity index (χ2v) is 4.93. The molecule has 0 unspecified atom stereocenters. The van der Waals surface area contributed by atoms with Crippen LogP contribution in [0.1, 0.15) is 42.9 Å². The fourth-order valence-electron chi connectivity index (χ4n) is 1.63. The largest absolute Gasteiger partial charge is 0.275 e. The zero-order chi connectivity index (χ0) is 12.4. The summed E-state index contributed by atoms with van der Waals surface area (Å²) in [5, 5.41) is 0. The average Bonchev–Trinajstić information content (AvgIpc) is 2.17. The molecule has 16 heavy (non-hydrogen) atoms. The second-order valence-electron chi connectivity index (χ2n) is 4.22. The van der Waals surface area contributed by atoms with E-state index in [0.717, 1.165) is 12.6 Å². The van der Waals surface area contributed by atoms with Crippen LogP contribution in [0.15, 0.2) is 18.2 Å². The first kappa shape index (κ1) is 15.3. The van der Waals surface area contributed by atoms with Crippen molar-refractivity contribution in [1.82, 2.24) is 0 Å². The summed E-state index contributed by atoms with van der Waals surface area (Å²) in [5.41, 5.74) is 4.06. The van der Waals surface area contributed by atoms with E-state index in [4.69, 9.17) is 0 Å². The minimum atomic E-state index is 0.305. The van der Waals surface area contributed by atoms with Crippen molar-refractivity contribution < 1.29 is 4.57 Å². The lowest BCUT2D eigenvalue weighted by Gasteiger charge is -1.96. The molecule has 0 aromatic heterocycles. The molecule has 0 fully saturated rings. The van der Waals surface area contributed by atoms with E-state index in [-0.39, 0.29) is 0 Å². The van der Waals surface area contributed by atoms with Gasteiger partial charge < -0.3 is 0 Å². The Morgan fingerprint density at radius 3 is 1.69 bits per heavy atom. The summed E-state index contributed by atoms with van der Waals surface area (Å²) >= 11 is 0. The molecule has 0 aliphatic carbocycles. The van der Waals surface area contributed by atoms with Crippen LogP contribution < -0.4 is 0 Å². The summed E-state index contributed by atoms with van der Waals surface area (Å²) in [6.45, 7) is 8.52. The van der Waals surface area contributed by atoms with E-state index in [1.54, 1.807) is 0 Å². The molecule has 0 heterocycles. The topological polar surface area (TPSA) is 17.1 Å². The SMILES string of the molecule is CCCCCP=O.Cc1cc(C)cc(C)c1. The van der Waals surface area contributed by atoms with Crippen molar-refractivity contribution in [2.24, 2.45) is 0 Å². The van der Waals surface area contributed by atoms with E-state index in [2.05, 4.69) is 45.9 Å². The van der Waals surface area contributed by atoms with Gasteiger partial charge in [-0.05, 0) is 27.2 Å². The number of unbranched alkanes of at least 4 members (excludes halogenated alkanes) is 2. The van der Waals surface area contributed by atoms with Gasteiger partial charge in [0.2, 0.25) is 0 Å². The number of benzene rings is 1. The zero-order valence-corrected chi connectivity index (χ0v) is 11.8. The second kappa shape index (κ2) is 9.54. The summed E-state index contributed by atoms with van der Waals surface area (Å²) < 4.78 is 9.78. The zero-order valence-electron chi connectivity index (χ0n) is 10.9. The molecule has 0 amide bonds. The molecular weight excluding hydrogens is 215 g/mol. The standard InChI is InChI=1S/C9H12.C5H11OP/c1-7-4-8(2)6-9(3)5-7;1-2-3-4-5-7-6/h4-6H,1-3H3;2-5H2,1H3. The third-order valence-electron chi connectivity index (χ3n) is 2.22. The Kier molecular flexibility index (Phi) is 9.13. The maximum atomic E-state index is 9.78. The molecule has 0 saturated carbocycles. The summed E-state index contributed by atoms with van der Waals surface area (Å²) in [4.78, 5) is 0. The van der Waals surface area contributed by atoms with Crippen LogP contribution in [0.4, 0.5) is 0 Å². The van der Waals surface area contributed by atoms with Crippen LogP contribution in [0.25, 0.3) is 0 Å². The Bertz CT molecular complexity index is 257. The van der Waals surface area contributed by atoms with Gasteiger partial charge >= 0.3 is 0 Å². The molecule has 0 aliphatic rings. The molecule has 0 bridgehead atoms. The number of rotatable bonds is 4. The van der Waals surface area contributed by atoms with E-state index in [1.165, 1.54) is 29.5 Å². The van der Waals surface area contributed by atoms with Crippen LogP contribution in [0.3, 0.4) is 0 Å². The smallest absolute Gasteiger partial charge is 0.155 e. The van der Waals surface area contributed by atoms with Gasteiger partial charge in [0.1, 0.15) is 0 Å². The highest BCUT2D eigenvalue weighted by Crippen LogP contribution is 2.06. The van der Waals surface area contributed by atoms with Crippen molar-refractivity contribution in [2.75, 3.05) is 6.16 Å². The van der Waals surface area contributed by atoms with Crippen LogP contribution in [0, 0.1) is 20.8 Å². The van der Waals surface area contributed by atoms with Crippen molar-refractivity contribution in [3.8, 4) is 0 Å². The van der Waals surface area contributed by atoms with Gasteiger partial charge in [-0.25, -0.2) is 0 Å². The number of hydrogen-bond donors (Lipinski definition) is 0. The van der Waals surface area contributed by atoms with Gasteiger partial charge in [0.05, 0.1) is 0 Å². The van der Waals surface area contributed by atoms with Gasteiger partial charge in [0.25, 0.3) is 0 Å².